The van der Waals surface area contributed by atoms with Crippen molar-refractivity contribution in [3.63, 3.8) is 0 Å². The highest BCUT2D eigenvalue weighted by Gasteiger charge is 2.35. The van der Waals surface area contributed by atoms with Crippen molar-refractivity contribution in [3.8, 4) is 0 Å². The van der Waals surface area contributed by atoms with Gasteiger partial charge >= 0.3 is 0 Å². The summed E-state index contributed by atoms with van der Waals surface area (Å²) in [7, 11) is 0. The van der Waals surface area contributed by atoms with Gasteiger partial charge in [0, 0.05) is 0 Å². The molecule has 0 N–H and O–H groups in total. The van der Waals surface area contributed by atoms with Crippen LogP contribution < -0.4 is 0 Å². The summed E-state index contributed by atoms with van der Waals surface area (Å²) in [5, 5.41) is 0. The van der Waals surface area contributed by atoms with Crippen molar-refractivity contribution >= 4 is 0 Å². The molecule has 2 saturated carbocycles. The van der Waals surface area contributed by atoms with Crippen LogP contribution >= 0.6 is 0 Å². The third-order valence-electron chi connectivity index (χ3n) is 3.88. The lowest BCUT2D eigenvalue weighted by Crippen LogP contribution is -2.21. The minimum absolute atomic E-state index is 0.557. The van der Waals surface area contributed by atoms with Gasteiger partial charge in [0.2, 0.25) is 0 Å². The van der Waals surface area contributed by atoms with Gasteiger partial charge in [0.1, 0.15) is 0 Å². The fourth-order valence-electron chi connectivity index (χ4n) is 3.68. The number of rotatable bonds is 1. The van der Waals surface area contributed by atoms with Gasteiger partial charge in [-0.15, -0.1) is 0 Å². The standard InChI is InChI=1S/C13H24/c1-13(2,3)9-12-7-10-4-5-11(6-10)8-12/h10-12H,4-9H2,1-3H3. The first-order valence-electron chi connectivity index (χ1n) is 6.03. The number of fused-ring (bicyclic) bond motifs is 2. The Morgan fingerprint density at radius 2 is 1.46 bits per heavy atom. The van der Waals surface area contributed by atoms with Crippen LogP contribution in [0.2, 0.25) is 0 Å². The summed E-state index contributed by atoms with van der Waals surface area (Å²) in [4.78, 5) is 0. The summed E-state index contributed by atoms with van der Waals surface area (Å²) < 4.78 is 0. The first-order chi connectivity index (χ1) is 6.03. The fourth-order valence-corrected chi connectivity index (χ4v) is 3.68. The average Bonchev–Trinajstić information content (AvgIpc) is 2.27. The number of hydrogen-bond acceptors (Lipinski definition) is 0. The molecule has 2 unspecified atom stereocenters. The summed E-state index contributed by atoms with van der Waals surface area (Å²) in [5.41, 5.74) is 0.557. The van der Waals surface area contributed by atoms with Crippen molar-refractivity contribution in [3.05, 3.63) is 0 Å². The van der Waals surface area contributed by atoms with E-state index in [1.807, 2.05) is 0 Å². The van der Waals surface area contributed by atoms with Gasteiger partial charge in [-0.1, -0.05) is 33.6 Å². The highest BCUT2D eigenvalue weighted by Crippen LogP contribution is 2.47. The highest BCUT2D eigenvalue weighted by molar-refractivity contribution is 4.86. The van der Waals surface area contributed by atoms with Crippen LogP contribution in [0.25, 0.3) is 0 Å². The van der Waals surface area contributed by atoms with Crippen LogP contribution in [0.1, 0.15) is 59.3 Å². The minimum Gasteiger partial charge on any atom is -0.0602 e. The van der Waals surface area contributed by atoms with Crippen molar-refractivity contribution in [2.45, 2.75) is 59.3 Å². The van der Waals surface area contributed by atoms with Gasteiger partial charge in [0.15, 0.2) is 0 Å². The highest BCUT2D eigenvalue weighted by atomic mass is 14.4. The average molecular weight is 180 g/mol. The largest absolute Gasteiger partial charge is 0.0602 e. The Kier molecular flexibility index (Phi) is 2.42. The zero-order chi connectivity index (χ0) is 9.47. The SMILES string of the molecule is CC(C)(C)CC1CC2CCC(C2)C1. The zero-order valence-electron chi connectivity index (χ0n) is 9.47. The van der Waals surface area contributed by atoms with E-state index in [9.17, 15) is 0 Å². The lowest BCUT2D eigenvalue weighted by atomic mass is 9.74. The molecule has 2 aliphatic carbocycles. The van der Waals surface area contributed by atoms with Gasteiger partial charge < -0.3 is 0 Å². The van der Waals surface area contributed by atoms with E-state index in [1.54, 1.807) is 32.1 Å². The molecule has 0 saturated heterocycles. The summed E-state index contributed by atoms with van der Waals surface area (Å²) in [5.74, 6) is 3.29. The lowest BCUT2D eigenvalue weighted by Gasteiger charge is -2.32. The van der Waals surface area contributed by atoms with Crippen LogP contribution in [0.3, 0.4) is 0 Å². The molecule has 2 rings (SSSR count). The molecule has 0 spiro atoms. The molecule has 2 aliphatic rings. The monoisotopic (exact) mass is 180 g/mol. The zero-order valence-corrected chi connectivity index (χ0v) is 9.47. The Labute approximate surface area is 83.1 Å². The maximum Gasteiger partial charge on any atom is -0.0380 e. The molecule has 0 aromatic rings. The van der Waals surface area contributed by atoms with E-state index in [0.29, 0.717) is 5.41 Å². The molecule has 2 bridgehead atoms. The van der Waals surface area contributed by atoms with Crippen molar-refractivity contribution in [1.29, 1.82) is 0 Å². The van der Waals surface area contributed by atoms with Crippen molar-refractivity contribution in [2.75, 3.05) is 0 Å². The van der Waals surface area contributed by atoms with E-state index < -0.39 is 0 Å². The van der Waals surface area contributed by atoms with Crippen LogP contribution in [-0.4, -0.2) is 0 Å². The first-order valence-corrected chi connectivity index (χ1v) is 6.03. The molecule has 76 valence electrons. The molecular formula is C13H24. The Morgan fingerprint density at radius 1 is 0.923 bits per heavy atom. The maximum absolute atomic E-state index is 2.39. The third-order valence-corrected chi connectivity index (χ3v) is 3.88. The third kappa shape index (κ3) is 2.48. The van der Waals surface area contributed by atoms with Gasteiger partial charge in [-0.3, -0.25) is 0 Å². The predicted octanol–water partition coefficient (Wildman–Crippen LogP) is 4.25. The van der Waals surface area contributed by atoms with Crippen LogP contribution in [0.15, 0.2) is 0 Å². The molecule has 2 fully saturated rings. The number of hydrogen-bond donors (Lipinski definition) is 0. The lowest BCUT2D eigenvalue weighted by molar-refractivity contribution is 0.192. The van der Waals surface area contributed by atoms with E-state index in [0.717, 1.165) is 17.8 Å². The van der Waals surface area contributed by atoms with Crippen molar-refractivity contribution in [2.24, 2.45) is 23.2 Å². The molecule has 0 aromatic heterocycles. The second-order valence-corrected chi connectivity index (χ2v) is 6.65. The Morgan fingerprint density at radius 3 is 1.92 bits per heavy atom. The van der Waals surface area contributed by atoms with Gasteiger partial charge in [0.25, 0.3) is 0 Å². The molecule has 2 atom stereocenters. The van der Waals surface area contributed by atoms with Crippen LogP contribution in [0, 0.1) is 23.2 Å². The maximum atomic E-state index is 2.39. The molecule has 0 aromatic carbocycles. The van der Waals surface area contributed by atoms with E-state index in [1.165, 1.54) is 6.42 Å². The summed E-state index contributed by atoms with van der Waals surface area (Å²) in [6.45, 7) is 7.18. The summed E-state index contributed by atoms with van der Waals surface area (Å²) in [6.07, 6.45) is 9.22. The van der Waals surface area contributed by atoms with Crippen molar-refractivity contribution < 1.29 is 0 Å². The predicted molar refractivity (Wildman–Crippen MR) is 57.6 cm³/mol. The van der Waals surface area contributed by atoms with Crippen LogP contribution in [0.5, 0.6) is 0 Å². The van der Waals surface area contributed by atoms with E-state index in [4.69, 9.17) is 0 Å². The first kappa shape index (κ1) is 9.55. The van der Waals surface area contributed by atoms with Crippen molar-refractivity contribution in [1.82, 2.24) is 0 Å². The van der Waals surface area contributed by atoms with Gasteiger partial charge in [-0.2, -0.15) is 0 Å². The quantitative estimate of drug-likeness (QED) is 0.566. The molecule has 0 heterocycles. The second-order valence-electron chi connectivity index (χ2n) is 6.65. The van der Waals surface area contributed by atoms with Gasteiger partial charge in [-0.05, 0) is 48.9 Å². The minimum atomic E-state index is 0.557. The van der Waals surface area contributed by atoms with E-state index >= 15 is 0 Å². The summed E-state index contributed by atoms with van der Waals surface area (Å²) in [6, 6.07) is 0. The van der Waals surface area contributed by atoms with E-state index in [-0.39, 0.29) is 0 Å². The molecule has 0 radical (unpaired) electrons. The molecule has 0 heteroatoms. The molecule has 13 heavy (non-hydrogen) atoms. The van der Waals surface area contributed by atoms with E-state index in [2.05, 4.69) is 20.8 Å². The fraction of sp³-hybridized carbons (Fsp3) is 1.00. The van der Waals surface area contributed by atoms with Crippen LogP contribution in [0.4, 0.5) is 0 Å². The smallest absolute Gasteiger partial charge is 0.0380 e. The molecule has 0 aliphatic heterocycles. The van der Waals surface area contributed by atoms with Gasteiger partial charge in [-0.25, -0.2) is 0 Å². The topological polar surface area (TPSA) is 0 Å². The Bertz CT molecular complexity index is 163. The molecule has 0 nitrogen and oxygen atoms in total. The summed E-state index contributed by atoms with van der Waals surface area (Å²) >= 11 is 0. The second kappa shape index (κ2) is 3.29. The Balaban J connectivity index is 1.88. The normalized spacial score (nSPS) is 39.5. The van der Waals surface area contributed by atoms with Crippen LogP contribution in [-0.2, 0) is 0 Å². The molecular weight excluding hydrogens is 156 g/mol. The van der Waals surface area contributed by atoms with Gasteiger partial charge in [0.05, 0.1) is 0 Å². The molecule has 0 amide bonds. The Hall–Kier alpha value is 0.